The summed E-state index contributed by atoms with van der Waals surface area (Å²) in [4.78, 5) is 18.0. The number of fused-ring (bicyclic) bond motifs is 2. The number of pyridine rings is 1. The van der Waals surface area contributed by atoms with Gasteiger partial charge in [-0.05, 0) is 37.7 Å². The highest BCUT2D eigenvalue weighted by Gasteiger charge is 2.43. The molecule has 29 heavy (non-hydrogen) atoms. The number of nitrogens with zero attached hydrogens (tertiary/aromatic N) is 5. The van der Waals surface area contributed by atoms with Gasteiger partial charge in [0.1, 0.15) is 11.2 Å². The molecule has 1 aliphatic carbocycles. The lowest BCUT2D eigenvalue weighted by Crippen LogP contribution is -2.52. The van der Waals surface area contributed by atoms with Gasteiger partial charge in [0.25, 0.3) is 0 Å². The molecule has 4 rings (SSSR count). The Labute approximate surface area is 178 Å². The molecule has 2 aliphatic rings. The van der Waals surface area contributed by atoms with Gasteiger partial charge in [-0.3, -0.25) is 4.79 Å². The largest absolute Gasteiger partial charge is 0.369 e. The van der Waals surface area contributed by atoms with Crippen LogP contribution in [0.3, 0.4) is 0 Å². The Morgan fingerprint density at radius 2 is 2.10 bits per heavy atom. The average Bonchev–Trinajstić information content (AvgIpc) is 3.23. The molecule has 3 heterocycles. The Hall–Kier alpha value is -2.44. The SMILES string of the molecule is CC(=O)N[C@H]1[C@@H]2CC[C@H]1CN(c1nnc(-c3cnc(Cl)cc3N[C@H](C)C#N)s1)C2. The fourth-order valence-corrected chi connectivity index (χ4v) is 5.33. The van der Waals surface area contributed by atoms with E-state index in [0.29, 0.717) is 22.7 Å². The van der Waals surface area contributed by atoms with Crippen molar-refractivity contribution in [2.75, 3.05) is 23.3 Å². The van der Waals surface area contributed by atoms with E-state index in [9.17, 15) is 4.79 Å². The second kappa shape index (κ2) is 8.13. The zero-order valence-corrected chi connectivity index (χ0v) is 17.8. The quantitative estimate of drug-likeness (QED) is 0.701. The van der Waals surface area contributed by atoms with Crippen molar-refractivity contribution in [2.24, 2.45) is 11.8 Å². The summed E-state index contributed by atoms with van der Waals surface area (Å²) in [6.45, 7) is 5.09. The molecule has 1 amide bonds. The van der Waals surface area contributed by atoms with Crippen LogP contribution >= 0.6 is 22.9 Å². The van der Waals surface area contributed by atoms with Crippen LogP contribution in [0, 0.1) is 23.2 Å². The van der Waals surface area contributed by atoms with Gasteiger partial charge in [0.2, 0.25) is 11.0 Å². The van der Waals surface area contributed by atoms with Crippen molar-refractivity contribution in [3.05, 3.63) is 17.4 Å². The van der Waals surface area contributed by atoms with Crippen molar-refractivity contribution in [1.29, 1.82) is 5.26 Å². The van der Waals surface area contributed by atoms with E-state index in [0.717, 1.165) is 41.6 Å². The summed E-state index contributed by atoms with van der Waals surface area (Å²) in [6, 6.07) is 3.75. The number of hydrogen-bond donors (Lipinski definition) is 2. The van der Waals surface area contributed by atoms with Gasteiger partial charge in [-0.2, -0.15) is 5.26 Å². The summed E-state index contributed by atoms with van der Waals surface area (Å²) in [5, 5.41) is 26.1. The molecule has 2 bridgehead atoms. The van der Waals surface area contributed by atoms with Gasteiger partial charge in [-0.25, -0.2) is 4.98 Å². The van der Waals surface area contributed by atoms with E-state index in [1.54, 1.807) is 26.1 Å². The first-order valence-electron chi connectivity index (χ1n) is 9.62. The topological polar surface area (TPSA) is 107 Å². The Kier molecular flexibility index (Phi) is 5.56. The Morgan fingerprint density at radius 3 is 2.76 bits per heavy atom. The Balaban J connectivity index is 1.55. The molecule has 0 radical (unpaired) electrons. The molecular formula is C19H22ClN7OS. The fraction of sp³-hybridized carbons (Fsp3) is 0.526. The summed E-state index contributed by atoms with van der Waals surface area (Å²) in [5.41, 5.74) is 1.49. The molecule has 1 saturated heterocycles. The van der Waals surface area contributed by atoms with Gasteiger partial charge in [0, 0.05) is 32.3 Å². The predicted molar refractivity (Wildman–Crippen MR) is 113 cm³/mol. The molecule has 2 N–H and O–H groups in total. The molecule has 2 aromatic heterocycles. The molecule has 1 aliphatic heterocycles. The standard InChI is InChI=1S/C19H22ClN7OS/c1-10(6-21)23-15-5-16(20)22-7-14(15)18-25-26-19(29-18)27-8-12-3-4-13(9-27)17(12)24-11(2)28/h5,7,10,12-13,17H,3-4,8-9H2,1-2H3,(H,22,23)(H,24,28)/t10-,12-,13+,17+/m1/s1. The number of nitriles is 1. The first-order valence-corrected chi connectivity index (χ1v) is 10.8. The number of anilines is 2. The monoisotopic (exact) mass is 431 g/mol. The fourth-order valence-electron chi connectivity index (χ4n) is 4.29. The second-order valence-corrected chi connectivity index (χ2v) is 9.01. The van der Waals surface area contributed by atoms with Crippen LogP contribution in [0.5, 0.6) is 0 Å². The number of rotatable bonds is 5. The van der Waals surface area contributed by atoms with Gasteiger partial charge in [0.15, 0.2) is 5.01 Å². The zero-order valence-electron chi connectivity index (χ0n) is 16.2. The summed E-state index contributed by atoms with van der Waals surface area (Å²) in [7, 11) is 0. The lowest BCUT2D eigenvalue weighted by atomic mass is 9.92. The minimum absolute atomic E-state index is 0.0421. The van der Waals surface area contributed by atoms with Crippen LogP contribution in [0.1, 0.15) is 26.7 Å². The van der Waals surface area contributed by atoms with Crippen molar-refractivity contribution in [3.63, 3.8) is 0 Å². The molecule has 152 valence electrons. The van der Waals surface area contributed by atoms with E-state index in [1.807, 2.05) is 0 Å². The van der Waals surface area contributed by atoms with Crippen molar-refractivity contribution in [2.45, 2.75) is 38.8 Å². The van der Waals surface area contributed by atoms with E-state index in [1.165, 1.54) is 11.3 Å². The van der Waals surface area contributed by atoms with Crippen LogP contribution in [-0.2, 0) is 4.79 Å². The van der Waals surface area contributed by atoms with Crippen LogP contribution in [0.15, 0.2) is 12.3 Å². The zero-order chi connectivity index (χ0) is 20.5. The third-order valence-electron chi connectivity index (χ3n) is 5.56. The molecular weight excluding hydrogens is 410 g/mol. The smallest absolute Gasteiger partial charge is 0.217 e. The number of halogens is 1. The Morgan fingerprint density at radius 1 is 1.38 bits per heavy atom. The van der Waals surface area contributed by atoms with Crippen molar-refractivity contribution < 1.29 is 4.79 Å². The maximum Gasteiger partial charge on any atom is 0.217 e. The van der Waals surface area contributed by atoms with Crippen molar-refractivity contribution in [1.82, 2.24) is 20.5 Å². The highest BCUT2D eigenvalue weighted by atomic mass is 35.5. The summed E-state index contributed by atoms with van der Waals surface area (Å²) < 4.78 is 0. The lowest BCUT2D eigenvalue weighted by molar-refractivity contribution is -0.120. The van der Waals surface area contributed by atoms with Crippen LogP contribution in [0.2, 0.25) is 5.15 Å². The van der Waals surface area contributed by atoms with Crippen LogP contribution in [0.4, 0.5) is 10.8 Å². The maximum absolute atomic E-state index is 11.5. The molecule has 10 heteroatoms. The highest BCUT2D eigenvalue weighted by Crippen LogP contribution is 2.41. The van der Waals surface area contributed by atoms with E-state index in [2.05, 4.69) is 36.8 Å². The normalized spacial score (nSPS) is 24.1. The molecule has 2 fully saturated rings. The molecule has 0 aromatic carbocycles. The first-order chi connectivity index (χ1) is 13.9. The molecule has 0 spiro atoms. The second-order valence-electron chi connectivity index (χ2n) is 7.67. The van der Waals surface area contributed by atoms with Gasteiger partial charge < -0.3 is 15.5 Å². The minimum Gasteiger partial charge on any atom is -0.369 e. The van der Waals surface area contributed by atoms with E-state index < -0.39 is 0 Å². The number of carbonyl (C=O) groups is 1. The number of piperidine rings is 1. The molecule has 2 aromatic rings. The maximum atomic E-state index is 11.5. The van der Waals surface area contributed by atoms with E-state index in [-0.39, 0.29) is 18.0 Å². The first kappa shape index (κ1) is 19.9. The third kappa shape index (κ3) is 4.14. The minimum atomic E-state index is -0.372. The average molecular weight is 432 g/mol. The van der Waals surface area contributed by atoms with Gasteiger partial charge >= 0.3 is 0 Å². The predicted octanol–water partition coefficient (Wildman–Crippen LogP) is 2.93. The molecule has 8 nitrogen and oxygen atoms in total. The van der Waals surface area contributed by atoms with E-state index in [4.69, 9.17) is 16.9 Å². The molecule has 0 unspecified atom stereocenters. The molecule has 4 atom stereocenters. The lowest BCUT2D eigenvalue weighted by Gasteiger charge is -2.37. The summed E-state index contributed by atoms with van der Waals surface area (Å²) in [6.07, 6.45) is 3.91. The van der Waals surface area contributed by atoms with Gasteiger partial charge in [0.05, 0.1) is 17.3 Å². The van der Waals surface area contributed by atoms with Crippen molar-refractivity contribution in [3.8, 4) is 16.6 Å². The number of nitrogens with one attached hydrogen (secondary N) is 2. The van der Waals surface area contributed by atoms with Gasteiger partial charge in [-0.15, -0.1) is 10.2 Å². The van der Waals surface area contributed by atoms with E-state index >= 15 is 0 Å². The number of aromatic nitrogens is 3. The van der Waals surface area contributed by atoms with Crippen molar-refractivity contribution >= 4 is 39.7 Å². The van der Waals surface area contributed by atoms with Crippen LogP contribution in [-0.4, -0.2) is 46.3 Å². The van der Waals surface area contributed by atoms with Crippen LogP contribution < -0.4 is 15.5 Å². The third-order valence-corrected chi connectivity index (χ3v) is 6.78. The number of amides is 1. The van der Waals surface area contributed by atoms with Gasteiger partial charge in [-0.1, -0.05) is 22.9 Å². The number of hydrogen-bond acceptors (Lipinski definition) is 8. The highest BCUT2D eigenvalue weighted by molar-refractivity contribution is 7.18. The number of carbonyl (C=O) groups excluding carboxylic acids is 1. The molecule has 1 saturated carbocycles. The summed E-state index contributed by atoms with van der Waals surface area (Å²) >= 11 is 7.55. The van der Waals surface area contributed by atoms with Crippen LogP contribution in [0.25, 0.3) is 10.6 Å². The summed E-state index contributed by atoms with van der Waals surface area (Å²) in [5.74, 6) is 0.923. The Bertz CT molecular complexity index is 944.